The second-order valence-electron chi connectivity index (χ2n) is 7.35. The zero-order chi connectivity index (χ0) is 19.2. The molecule has 5 heteroatoms. The van der Waals surface area contributed by atoms with Gasteiger partial charge in [-0.05, 0) is 67.6 Å². The van der Waals surface area contributed by atoms with Crippen molar-refractivity contribution >= 4 is 5.69 Å². The topological polar surface area (TPSA) is 30.3 Å². The van der Waals surface area contributed by atoms with Gasteiger partial charge in [-0.3, -0.25) is 0 Å². The van der Waals surface area contributed by atoms with Crippen LogP contribution >= 0.6 is 0 Å². The largest absolute Gasteiger partial charge is 0.489 e. The molecule has 0 spiro atoms. The van der Waals surface area contributed by atoms with E-state index in [0.717, 1.165) is 43.8 Å². The van der Waals surface area contributed by atoms with Crippen LogP contribution in [0.1, 0.15) is 24.8 Å². The molecule has 4 rings (SSSR count). The smallest absolute Gasteiger partial charge is 0.123 e. The van der Waals surface area contributed by atoms with Gasteiger partial charge in [0, 0.05) is 31.2 Å². The van der Waals surface area contributed by atoms with E-state index in [0.29, 0.717) is 0 Å². The minimum atomic E-state index is -0.201. The van der Waals surface area contributed by atoms with Crippen LogP contribution in [-0.4, -0.2) is 28.7 Å². The molecular formula is C23H26FN3O. The Morgan fingerprint density at radius 2 is 1.75 bits per heavy atom. The fourth-order valence-electron chi connectivity index (χ4n) is 3.70. The van der Waals surface area contributed by atoms with Crippen molar-refractivity contribution in [1.82, 2.24) is 9.55 Å². The molecule has 0 aliphatic carbocycles. The molecular weight excluding hydrogens is 353 g/mol. The predicted octanol–water partition coefficient (Wildman–Crippen LogP) is 4.70. The van der Waals surface area contributed by atoms with E-state index in [1.807, 2.05) is 29.2 Å². The number of anilines is 1. The maximum absolute atomic E-state index is 13.1. The molecule has 0 N–H and O–H groups in total. The van der Waals surface area contributed by atoms with Crippen LogP contribution in [0.15, 0.2) is 67.3 Å². The summed E-state index contributed by atoms with van der Waals surface area (Å²) in [6.07, 6.45) is 9.78. The van der Waals surface area contributed by atoms with Gasteiger partial charge in [-0.2, -0.15) is 0 Å². The fraction of sp³-hybridized carbons (Fsp3) is 0.348. The summed E-state index contributed by atoms with van der Waals surface area (Å²) >= 11 is 0. The predicted molar refractivity (Wildman–Crippen MR) is 109 cm³/mol. The van der Waals surface area contributed by atoms with Crippen LogP contribution < -0.4 is 9.64 Å². The van der Waals surface area contributed by atoms with E-state index in [1.165, 1.54) is 30.7 Å². The van der Waals surface area contributed by atoms with Crippen molar-refractivity contribution in [3.05, 3.63) is 78.6 Å². The van der Waals surface area contributed by atoms with Crippen LogP contribution in [0.25, 0.3) is 0 Å². The number of aryl methyl sites for hydroxylation is 1. The van der Waals surface area contributed by atoms with Gasteiger partial charge in [-0.25, -0.2) is 9.37 Å². The van der Waals surface area contributed by atoms with Crippen molar-refractivity contribution in [2.45, 2.75) is 38.3 Å². The second-order valence-corrected chi connectivity index (χ2v) is 7.35. The number of hydrogen-bond acceptors (Lipinski definition) is 3. The van der Waals surface area contributed by atoms with E-state index in [9.17, 15) is 4.39 Å². The molecule has 28 heavy (non-hydrogen) atoms. The molecule has 1 fully saturated rings. The Hall–Kier alpha value is -2.82. The van der Waals surface area contributed by atoms with Crippen LogP contribution in [0.3, 0.4) is 0 Å². The van der Waals surface area contributed by atoms with E-state index >= 15 is 0 Å². The van der Waals surface area contributed by atoms with Crippen molar-refractivity contribution in [2.24, 2.45) is 0 Å². The van der Waals surface area contributed by atoms with Gasteiger partial charge in [0.25, 0.3) is 0 Å². The van der Waals surface area contributed by atoms with Gasteiger partial charge in [0.2, 0.25) is 0 Å². The number of hydrogen-bond donors (Lipinski definition) is 0. The fourth-order valence-corrected chi connectivity index (χ4v) is 3.70. The summed E-state index contributed by atoms with van der Waals surface area (Å²) in [7, 11) is 0. The first-order valence-corrected chi connectivity index (χ1v) is 9.98. The van der Waals surface area contributed by atoms with Gasteiger partial charge >= 0.3 is 0 Å². The van der Waals surface area contributed by atoms with E-state index in [-0.39, 0.29) is 11.9 Å². The number of ether oxygens (including phenoxy) is 1. The lowest BCUT2D eigenvalue weighted by Crippen LogP contribution is -2.23. The summed E-state index contributed by atoms with van der Waals surface area (Å²) in [6.45, 7) is 3.01. The van der Waals surface area contributed by atoms with Crippen molar-refractivity contribution in [1.29, 1.82) is 0 Å². The summed E-state index contributed by atoms with van der Waals surface area (Å²) in [5, 5.41) is 0. The Morgan fingerprint density at radius 1 is 1.00 bits per heavy atom. The van der Waals surface area contributed by atoms with Gasteiger partial charge in [0.15, 0.2) is 0 Å². The first-order valence-electron chi connectivity index (χ1n) is 9.98. The molecule has 0 amide bonds. The monoisotopic (exact) mass is 379 g/mol. The lowest BCUT2D eigenvalue weighted by molar-refractivity contribution is 0.170. The zero-order valence-corrected chi connectivity index (χ0v) is 16.0. The lowest BCUT2D eigenvalue weighted by Gasteiger charge is -2.21. The summed E-state index contributed by atoms with van der Waals surface area (Å²) in [5.74, 6) is 0.681. The molecule has 1 aliphatic rings. The highest BCUT2D eigenvalue weighted by Gasteiger charge is 2.14. The van der Waals surface area contributed by atoms with E-state index in [1.54, 1.807) is 6.20 Å². The highest BCUT2D eigenvalue weighted by atomic mass is 19.1. The van der Waals surface area contributed by atoms with Gasteiger partial charge in [0.05, 0.1) is 12.9 Å². The van der Waals surface area contributed by atoms with Crippen LogP contribution in [0.2, 0.25) is 0 Å². The second kappa shape index (κ2) is 8.91. The van der Waals surface area contributed by atoms with Gasteiger partial charge < -0.3 is 14.2 Å². The Bertz CT molecular complexity index is 841. The Morgan fingerprint density at radius 3 is 2.43 bits per heavy atom. The standard InChI is InChI=1S/C23H26FN3O/c24-20-6-3-19(4-7-20)5-10-23(17-26-16-13-25-18-26)28-22-11-8-21(9-12-22)27-14-1-2-15-27/h3-4,6-9,11-13,16,18,23H,1-2,5,10,14-15,17H2. The zero-order valence-electron chi connectivity index (χ0n) is 16.0. The van der Waals surface area contributed by atoms with Crippen molar-refractivity contribution < 1.29 is 9.13 Å². The average Bonchev–Trinajstić information content (AvgIpc) is 3.42. The van der Waals surface area contributed by atoms with Crippen LogP contribution in [0.5, 0.6) is 5.75 Å². The maximum Gasteiger partial charge on any atom is 0.123 e. The Balaban J connectivity index is 1.41. The summed E-state index contributed by atoms with van der Waals surface area (Å²) in [4.78, 5) is 6.54. The van der Waals surface area contributed by atoms with Crippen LogP contribution in [-0.2, 0) is 13.0 Å². The lowest BCUT2D eigenvalue weighted by atomic mass is 10.1. The van der Waals surface area contributed by atoms with Crippen molar-refractivity contribution in [3.8, 4) is 5.75 Å². The highest BCUT2D eigenvalue weighted by molar-refractivity contribution is 5.49. The van der Waals surface area contributed by atoms with Gasteiger partial charge in [-0.15, -0.1) is 0 Å². The average molecular weight is 379 g/mol. The molecule has 1 unspecified atom stereocenters. The molecule has 1 atom stereocenters. The van der Waals surface area contributed by atoms with E-state index in [4.69, 9.17) is 4.74 Å². The molecule has 0 bridgehead atoms. The number of rotatable bonds is 8. The summed E-state index contributed by atoms with van der Waals surface area (Å²) in [6, 6.07) is 15.1. The summed E-state index contributed by atoms with van der Waals surface area (Å²) in [5.41, 5.74) is 2.38. The number of nitrogens with zero attached hydrogens (tertiary/aromatic N) is 3. The third-order valence-electron chi connectivity index (χ3n) is 5.25. The first kappa shape index (κ1) is 18.5. The van der Waals surface area contributed by atoms with E-state index in [2.05, 4.69) is 34.1 Å². The minimum absolute atomic E-state index is 0.0110. The Labute approximate surface area is 165 Å². The van der Waals surface area contributed by atoms with E-state index < -0.39 is 0 Å². The SMILES string of the molecule is Fc1ccc(CCC(Cn2ccnc2)Oc2ccc(N3CCCC3)cc2)cc1. The molecule has 146 valence electrons. The third kappa shape index (κ3) is 4.91. The maximum atomic E-state index is 13.1. The van der Waals surface area contributed by atoms with Gasteiger partial charge in [0.1, 0.15) is 17.7 Å². The Kier molecular flexibility index (Phi) is 5.90. The van der Waals surface area contributed by atoms with Crippen molar-refractivity contribution in [3.63, 3.8) is 0 Å². The van der Waals surface area contributed by atoms with Crippen LogP contribution in [0, 0.1) is 5.82 Å². The molecule has 1 saturated heterocycles. The molecule has 2 aromatic carbocycles. The molecule has 0 radical (unpaired) electrons. The highest BCUT2D eigenvalue weighted by Crippen LogP contribution is 2.24. The first-order chi connectivity index (χ1) is 13.8. The molecule has 0 saturated carbocycles. The van der Waals surface area contributed by atoms with Crippen LogP contribution in [0.4, 0.5) is 10.1 Å². The number of halogens is 1. The van der Waals surface area contributed by atoms with Gasteiger partial charge in [-0.1, -0.05) is 12.1 Å². The molecule has 1 aromatic heterocycles. The molecule has 1 aliphatic heterocycles. The number of imidazole rings is 1. The van der Waals surface area contributed by atoms with Crippen molar-refractivity contribution in [2.75, 3.05) is 18.0 Å². The molecule has 2 heterocycles. The number of aromatic nitrogens is 2. The third-order valence-corrected chi connectivity index (χ3v) is 5.25. The molecule has 3 aromatic rings. The molecule has 4 nitrogen and oxygen atoms in total. The normalized spacial score (nSPS) is 15.0. The summed E-state index contributed by atoms with van der Waals surface area (Å²) < 4.78 is 21.5. The number of benzene rings is 2. The minimum Gasteiger partial charge on any atom is -0.489 e. The quantitative estimate of drug-likeness (QED) is 0.568.